The molecule has 124 valence electrons. The highest BCUT2D eigenvalue weighted by molar-refractivity contribution is 5.47. The Hall–Kier alpha value is -2.15. The molecule has 3 rings (SSSR count). The normalized spacial score (nSPS) is 16.5. The van der Waals surface area contributed by atoms with Gasteiger partial charge in [0.15, 0.2) is 0 Å². The van der Waals surface area contributed by atoms with Crippen LogP contribution in [0.2, 0.25) is 0 Å². The molecule has 1 fully saturated rings. The van der Waals surface area contributed by atoms with Crippen LogP contribution in [0, 0.1) is 0 Å². The Balaban J connectivity index is 1.50. The predicted octanol–water partition coefficient (Wildman–Crippen LogP) is 1.35. The minimum atomic E-state index is 0.472. The first-order valence-electron chi connectivity index (χ1n) is 8.05. The molecule has 0 atom stereocenters. The second-order valence-electron chi connectivity index (χ2n) is 6.38. The van der Waals surface area contributed by atoms with Crippen LogP contribution in [-0.2, 0) is 13.6 Å². The summed E-state index contributed by atoms with van der Waals surface area (Å²) in [5.74, 6) is 1.84. The summed E-state index contributed by atoms with van der Waals surface area (Å²) in [6.07, 6.45) is 7.81. The monoisotopic (exact) mass is 315 g/mol. The lowest BCUT2D eigenvalue weighted by atomic mass is 10.0. The first-order valence-corrected chi connectivity index (χ1v) is 8.05. The van der Waals surface area contributed by atoms with Crippen molar-refractivity contribution in [2.24, 2.45) is 7.05 Å². The van der Waals surface area contributed by atoms with Crippen LogP contribution in [0.3, 0.4) is 0 Å². The number of hydrogen-bond acceptors (Lipinski definition) is 6. The summed E-state index contributed by atoms with van der Waals surface area (Å²) in [5, 5.41) is 3.54. The zero-order chi connectivity index (χ0) is 16.2. The van der Waals surface area contributed by atoms with E-state index in [9.17, 15) is 0 Å². The van der Waals surface area contributed by atoms with Crippen LogP contribution in [-0.4, -0.2) is 57.6 Å². The van der Waals surface area contributed by atoms with E-state index in [1.54, 1.807) is 6.33 Å². The van der Waals surface area contributed by atoms with Crippen molar-refractivity contribution in [3.8, 4) is 0 Å². The molecule has 7 heteroatoms. The van der Waals surface area contributed by atoms with Gasteiger partial charge in [-0.3, -0.25) is 4.90 Å². The summed E-state index contributed by atoms with van der Waals surface area (Å²) in [6, 6.07) is 2.47. The van der Waals surface area contributed by atoms with E-state index in [4.69, 9.17) is 0 Å². The first kappa shape index (κ1) is 15.7. The molecule has 1 aliphatic rings. The SMILES string of the molecule is CN(C)c1cc(NC2CCN(Cc3cn(C)cn3)CC2)ncn1. The number of nitrogens with one attached hydrogen (secondary N) is 1. The highest BCUT2D eigenvalue weighted by atomic mass is 15.2. The van der Waals surface area contributed by atoms with Gasteiger partial charge in [-0.05, 0) is 12.8 Å². The van der Waals surface area contributed by atoms with Gasteiger partial charge in [0.1, 0.15) is 18.0 Å². The van der Waals surface area contributed by atoms with Gasteiger partial charge >= 0.3 is 0 Å². The lowest BCUT2D eigenvalue weighted by Crippen LogP contribution is -2.38. The van der Waals surface area contributed by atoms with Gasteiger partial charge in [-0.2, -0.15) is 0 Å². The van der Waals surface area contributed by atoms with E-state index in [-0.39, 0.29) is 0 Å². The Bertz CT molecular complexity index is 629. The Morgan fingerprint density at radius 3 is 2.65 bits per heavy atom. The van der Waals surface area contributed by atoms with Crippen molar-refractivity contribution in [1.29, 1.82) is 0 Å². The zero-order valence-electron chi connectivity index (χ0n) is 14.1. The van der Waals surface area contributed by atoms with E-state index in [0.29, 0.717) is 6.04 Å². The van der Waals surface area contributed by atoms with Crippen LogP contribution in [0.4, 0.5) is 11.6 Å². The summed E-state index contributed by atoms with van der Waals surface area (Å²) in [4.78, 5) is 17.4. The minimum absolute atomic E-state index is 0.472. The highest BCUT2D eigenvalue weighted by Crippen LogP contribution is 2.18. The van der Waals surface area contributed by atoms with Crippen LogP contribution < -0.4 is 10.2 Å². The third kappa shape index (κ3) is 4.19. The van der Waals surface area contributed by atoms with Crippen LogP contribution >= 0.6 is 0 Å². The van der Waals surface area contributed by atoms with Crippen molar-refractivity contribution in [3.63, 3.8) is 0 Å². The molecule has 0 radical (unpaired) electrons. The molecule has 7 nitrogen and oxygen atoms in total. The fraction of sp³-hybridized carbons (Fsp3) is 0.562. The molecule has 2 aromatic rings. The van der Waals surface area contributed by atoms with Crippen LogP contribution in [0.1, 0.15) is 18.5 Å². The lowest BCUT2D eigenvalue weighted by molar-refractivity contribution is 0.209. The van der Waals surface area contributed by atoms with Gasteiger partial charge in [0.2, 0.25) is 0 Å². The second-order valence-corrected chi connectivity index (χ2v) is 6.38. The van der Waals surface area contributed by atoms with Crippen molar-refractivity contribution < 1.29 is 0 Å². The molecular formula is C16H25N7. The van der Waals surface area contributed by atoms with Crippen molar-refractivity contribution in [1.82, 2.24) is 24.4 Å². The summed E-state index contributed by atoms with van der Waals surface area (Å²) < 4.78 is 2.00. The maximum absolute atomic E-state index is 4.41. The average molecular weight is 315 g/mol. The fourth-order valence-corrected chi connectivity index (χ4v) is 2.89. The van der Waals surface area contributed by atoms with Crippen LogP contribution in [0.25, 0.3) is 0 Å². The van der Waals surface area contributed by atoms with Gasteiger partial charge in [-0.25, -0.2) is 15.0 Å². The maximum Gasteiger partial charge on any atom is 0.133 e. The third-order valence-corrected chi connectivity index (χ3v) is 4.19. The van der Waals surface area contributed by atoms with E-state index in [1.807, 2.05) is 43.0 Å². The van der Waals surface area contributed by atoms with E-state index in [1.165, 1.54) is 0 Å². The molecule has 0 aliphatic carbocycles. The molecule has 0 unspecified atom stereocenters. The molecule has 3 heterocycles. The molecule has 1 N–H and O–H groups in total. The van der Waals surface area contributed by atoms with Crippen molar-refractivity contribution in [2.45, 2.75) is 25.4 Å². The van der Waals surface area contributed by atoms with Gasteiger partial charge < -0.3 is 14.8 Å². The lowest BCUT2D eigenvalue weighted by Gasteiger charge is -2.32. The smallest absolute Gasteiger partial charge is 0.133 e. The maximum atomic E-state index is 4.41. The molecular weight excluding hydrogens is 290 g/mol. The average Bonchev–Trinajstić information content (AvgIpc) is 2.94. The zero-order valence-corrected chi connectivity index (χ0v) is 14.1. The number of hydrogen-bond donors (Lipinski definition) is 1. The summed E-state index contributed by atoms with van der Waals surface area (Å²) in [6.45, 7) is 3.10. The van der Waals surface area contributed by atoms with Crippen LogP contribution in [0.15, 0.2) is 24.9 Å². The number of likely N-dealkylation sites (tertiary alicyclic amines) is 1. The van der Waals surface area contributed by atoms with Gasteiger partial charge in [-0.1, -0.05) is 0 Å². The van der Waals surface area contributed by atoms with Gasteiger partial charge in [0, 0.05) is 59.1 Å². The van der Waals surface area contributed by atoms with E-state index < -0.39 is 0 Å². The molecule has 1 aliphatic heterocycles. The largest absolute Gasteiger partial charge is 0.367 e. The number of nitrogens with zero attached hydrogens (tertiary/aromatic N) is 6. The summed E-state index contributed by atoms with van der Waals surface area (Å²) in [7, 11) is 5.99. The summed E-state index contributed by atoms with van der Waals surface area (Å²) in [5.41, 5.74) is 1.14. The Morgan fingerprint density at radius 2 is 2.00 bits per heavy atom. The number of piperidine rings is 1. The molecule has 2 aromatic heterocycles. The highest BCUT2D eigenvalue weighted by Gasteiger charge is 2.20. The van der Waals surface area contributed by atoms with Gasteiger partial charge in [0.05, 0.1) is 12.0 Å². The molecule has 0 aromatic carbocycles. The number of aromatic nitrogens is 4. The van der Waals surface area contributed by atoms with Gasteiger partial charge in [0.25, 0.3) is 0 Å². The standard InChI is InChI=1S/C16H25N7/c1-21(2)16-8-15(17-11-18-16)20-13-4-6-23(7-5-13)10-14-9-22(3)12-19-14/h8-9,11-13H,4-7,10H2,1-3H3,(H,17,18,20). The molecule has 0 spiro atoms. The van der Waals surface area contributed by atoms with Gasteiger partial charge in [-0.15, -0.1) is 0 Å². The minimum Gasteiger partial charge on any atom is -0.367 e. The fourth-order valence-electron chi connectivity index (χ4n) is 2.89. The predicted molar refractivity (Wildman–Crippen MR) is 91.5 cm³/mol. The van der Waals surface area contributed by atoms with Crippen molar-refractivity contribution in [2.75, 3.05) is 37.4 Å². The van der Waals surface area contributed by atoms with Crippen LogP contribution in [0.5, 0.6) is 0 Å². The molecule has 23 heavy (non-hydrogen) atoms. The van der Waals surface area contributed by atoms with E-state index in [2.05, 4.69) is 31.4 Å². The Labute approximate surface area is 137 Å². The Morgan fingerprint density at radius 1 is 1.22 bits per heavy atom. The number of aryl methyl sites for hydroxylation is 1. The number of rotatable bonds is 5. The van der Waals surface area contributed by atoms with Crippen molar-refractivity contribution >= 4 is 11.6 Å². The molecule has 1 saturated heterocycles. The number of anilines is 2. The van der Waals surface area contributed by atoms with Crippen molar-refractivity contribution in [3.05, 3.63) is 30.6 Å². The van der Waals surface area contributed by atoms with E-state index >= 15 is 0 Å². The topological polar surface area (TPSA) is 62.1 Å². The quantitative estimate of drug-likeness (QED) is 0.899. The molecule has 0 saturated carbocycles. The molecule has 0 amide bonds. The first-order chi connectivity index (χ1) is 11.1. The molecule has 0 bridgehead atoms. The third-order valence-electron chi connectivity index (χ3n) is 4.19. The number of imidazole rings is 1. The Kier molecular flexibility index (Phi) is 4.76. The second kappa shape index (κ2) is 6.95. The van der Waals surface area contributed by atoms with E-state index in [0.717, 1.165) is 49.8 Å². The summed E-state index contributed by atoms with van der Waals surface area (Å²) >= 11 is 0.